The summed E-state index contributed by atoms with van der Waals surface area (Å²) in [6.07, 6.45) is -0.498. The summed E-state index contributed by atoms with van der Waals surface area (Å²) in [7, 11) is 0. The van der Waals surface area contributed by atoms with E-state index in [4.69, 9.17) is 14.6 Å². The normalized spacial score (nSPS) is 15.5. The summed E-state index contributed by atoms with van der Waals surface area (Å²) in [5, 5.41) is 15.7. The maximum Gasteiger partial charge on any atom is 0.227 e. The van der Waals surface area contributed by atoms with E-state index in [1.54, 1.807) is 22.9 Å². The second kappa shape index (κ2) is 12.5. The smallest absolute Gasteiger partial charge is 0.227 e. The number of nitrogens with zero attached hydrogens (tertiary/aromatic N) is 4. The highest BCUT2D eigenvalue weighted by Gasteiger charge is 2.24. The molecule has 1 unspecified atom stereocenters. The van der Waals surface area contributed by atoms with Gasteiger partial charge in [0.05, 0.1) is 36.3 Å². The molecule has 1 aliphatic heterocycles. The van der Waals surface area contributed by atoms with Crippen molar-refractivity contribution in [1.29, 1.82) is 0 Å². The fraction of sp³-hybridized carbons (Fsp3) is 0.464. The summed E-state index contributed by atoms with van der Waals surface area (Å²) in [5.41, 5.74) is 2.52. The van der Waals surface area contributed by atoms with Gasteiger partial charge in [-0.25, -0.2) is 9.07 Å². The van der Waals surface area contributed by atoms with Crippen molar-refractivity contribution in [3.05, 3.63) is 71.7 Å². The number of hydrogen-bond donors (Lipinski definition) is 1. The summed E-state index contributed by atoms with van der Waals surface area (Å²) in [6.45, 7) is 11.8. The average molecular weight is 497 g/mol. The quantitative estimate of drug-likeness (QED) is 0.428. The van der Waals surface area contributed by atoms with E-state index in [0.717, 1.165) is 36.6 Å². The molecule has 4 rings (SSSR count). The van der Waals surface area contributed by atoms with Crippen LogP contribution in [0.15, 0.2) is 54.6 Å². The van der Waals surface area contributed by atoms with Gasteiger partial charge in [-0.15, -0.1) is 0 Å². The number of benzene rings is 2. The maximum atomic E-state index is 14.6. The lowest BCUT2D eigenvalue weighted by atomic mass is 10.1. The molecule has 7 nitrogen and oxygen atoms in total. The molecular formula is C28H37FN4O3. The van der Waals surface area contributed by atoms with Gasteiger partial charge in [0.2, 0.25) is 5.88 Å². The molecule has 0 aliphatic carbocycles. The Labute approximate surface area is 213 Å². The zero-order valence-corrected chi connectivity index (χ0v) is 21.4. The average Bonchev–Trinajstić information content (AvgIpc) is 3.16. The van der Waals surface area contributed by atoms with Crippen LogP contribution in [-0.4, -0.2) is 76.7 Å². The van der Waals surface area contributed by atoms with Crippen LogP contribution in [0.2, 0.25) is 0 Å². The first-order chi connectivity index (χ1) is 17.4. The van der Waals surface area contributed by atoms with Crippen LogP contribution >= 0.6 is 0 Å². The Kier molecular flexibility index (Phi) is 9.09. The van der Waals surface area contributed by atoms with E-state index in [2.05, 4.69) is 23.6 Å². The van der Waals surface area contributed by atoms with Gasteiger partial charge in [-0.05, 0) is 37.1 Å². The second-order valence-electron chi connectivity index (χ2n) is 9.80. The topological polar surface area (TPSA) is 63.0 Å². The molecule has 1 saturated heterocycles. The summed E-state index contributed by atoms with van der Waals surface area (Å²) in [6, 6.07) is 16.1. The number of aromatic nitrogens is 2. The Morgan fingerprint density at radius 3 is 2.44 bits per heavy atom. The standard InChI is InChI=1S/C28H37FN4O3/c1-21(2)17-32(19-24(34)18-31-13-15-35-16-14-31)20-25-22(3)30-33(23-9-5-4-6-10-23)28(25)36-27-12-8-7-11-26(27)29/h4-12,21,24,34H,13-20H2,1-3H3. The molecule has 36 heavy (non-hydrogen) atoms. The van der Waals surface area contributed by atoms with Crippen LogP contribution in [0.5, 0.6) is 11.6 Å². The molecule has 1 aromatic heterocycles. The first kappa shape index (κ1) is 26.3. The summed E-state index contributed by atoms with van der Waals surface area (Å²) >= 11 is 0. The van der Waals surface area contributed by atoms with Gasteiger partial charge in [-0.1, -0.05) is 44.2 Å². The van der Waals surface area contributed by atoms with E-state index in [9.17, 15) is 9.50 Å². The number of hydrogen-bond acceptors (Lipinski definition) is 6. The lowest BCUT2D eigenvalue weighted by molar-refractivity contribution is 0.00533. The summed E-state index contributed by atoms with van der Waals surface area (Å²) in [4.78, 5) is 4.48. The van der Waals surface area contributed by atoms with E-state index in [-0.39, 0.29) is 5.75 Å². The third-order valence-electron chi connectivity index (χ3n) is 6.23. The van der Waals surface area contributed by atoms with Crippen molar-refractivity contribution >= 4 is 0 Å². The largest absolute Gasteiger partial charge is 0.435 e. The fourth-order valence-corrected chi connectivity index (χ4v) is 4.58. The van der Waals surface area contributed by atoms with Gasteiger partial charge < -0.3 is 14.6 Å². The molecule has 0 spiro atoms. The maximum absolute atomic E-state index is 14.6. The molecule has 0 bridgehead atoms. The van der Waals surface area contributed by atoms with Gasteiger partial charge in [-0.2, -0.15) is 5.10 Å². The molecule has 1 fully saturated rings. The van der Waals surface area contributed by atoms with Gasteiger partial charge in [0.25, 0.3) is 0 Å². The number of halogens is 1. The van der Waals surface area contributed by atoms with Crippen LogP contribution in [0.1, 0.15) is 25.1 Å². The van der Waals surface area contributed by atoms with E-state index < -0.39 is 11.9 Å². The zero-order chi connectivity index (χ0) is 25.5. The van der Waals surface area contributed by atoms with Gasteiger partial charge in [0, 0.05) is 39.3 Å². The van der Waals surface area contributed by atoms with Gasteiger partial charge in [0.15, 0.2) is 11.6 Å². The number of para-hydroxylation sites is 2. The van der Waals surface area contributed by atoms with E-state index in [1.807, 2.05) is 37.3 Å². The number of rotatable bonds is 11. The number of aliphatic hydroxyl groups is 1. The molecular weight excluding hydrogens is 459 g/mol. The molecule has 8 heteroatoms. The number of aliphatic hydroxyl groups excluding tert-OH is 1. The molecule has 1 aliphatic rings. The SMILES string of the molecule is Cc1nn(-c2ccccc2)c(Oc2ccccc2F)c1CN(CC(C)C)CC(O)CN1CCOCC1. The zero-order valence-electron chi connectivity index (χ0n) is 21.4. The predicted octanol–water partition coefficient (Wildman–Crippen LogP) is 4.26. The first-order valence-corrected chi connectivity index (χ1v) is 12.7. The minimum absolute atomic E-state index is 0.151. The van der Waals surface area contributed by atoms with Crippen molar-refractivity contribution in [3.8, 4) is 17.3 Å². The highest BCUT2D eigenvalue weighted by atomic mass is 19.1. The Morgan fingerprint density at radius 2 is 1.75 bits per heavy atom. The van der Waals surface area contributed by atoms with Crippen LogP contribution in [0, 0.1) is 18.7 Å². The highest BCUT2D eigenvalue weighted by Crippen LogP contribution is 2.33. The highest BCUT2D eigenvalue weighted by molar-refractivity contribution is 5.43. The van der Waals surface area contributed by atoms with Gasteiger partial charge in [-0.3, -0.25) is 9.80 Å². The van der Waals surface area contributed by atoms with Gasteiger partial charge >= 0.3 is 0 Å². The van der Waals surface area contributed by atoms with Gasteiger partial charge in [0.1, 0.15) is 0 Å². The number of morpholine rings is 1. The predicted molar refractivity (Wildman–Crippen MR) is 138 cm³/mol. The van der Waals surface area contributed by atoms with Crippen molar-refractivity contribution in [2.45, 2.75) is 33.4 Å². The Balaban J connectivity index is 1.62. The van der Waals surface area contributed by atoms with E-state index >= 15 is 0 Å². The summed E-state index contributed by atoms with van der Waals surface area (Å²) in [5.74, 6) is 0.613. The number of β-amino-alcohol motifs (C(OH)–C–C–N with tert-alkyl or cyclic N) is 1. The van der Waals surface area contributed by atoms with Crippen molar-refractivity contribution in [2.75, 3.05) is 45.9 Å². The van der Waals surface area contributed by atoms with Crippen LogP contribution in [0.3, 0.4) is 0 Å². The Bertz CT molecular complexity index is 1100. The molecule has 3 aromatic rings. The number of ether oxygens (including phenoxy) is 2. The monoisotopic (exact) mass is 496 g/mol. The molecule has 2 heterocycles. The lowest BCUT2D eigenvalue weighted by Gasteiger charge is -2.31. The minimum Gasteiger partial charge on any atom is -0.435 e. The minimum atomic E-state index is -0.498. The molecule has 0 saturated carbocycles. The van der Waals surface area contributed by atoms with Crippen molar-refractivity contribution < 1.29 is 19.0 Å². The van der Waals surface area contributed by atoms with Crippen molar-refractivity contribution in [2.24, 2.45) is 5.92 Å². The Hall–Kier alpha value is -2.78. The van der Waals surface area contributed by atoms with E-state index in [1.165, 1.54) is 6.07 Å². The van der Waals surface area contributed by atoms with Crippen molar-refractivity contribution in [3.63, 3.8) is 0 Å². The van der Waals surface area contributed by atoms with Crippen LogP contribution in [0.4, 0.5) is 4.39 Å². The van der Waals surface area contributed by atoms with Crippen LogP contribution in [0.25, 0.3) is 5.69 Å². The number of aryl methyl sites for hydroxylation is 1. The van der Waals surface area contributed by atoms with E-state index in [0.29, 0.717) is 44.6 Å². The molecule has 194 valence electrons. The summed E-state index contributed by atoms with van der Waals surface area (Å²) < 4.78 is 27.9. The van der Waals surface area contributed by atoms with Crippen LogP contribution < -0.4 is 4.74 Å². The van der Waals surface area contributed by atoms with Crippen LogP contribution in [-0.2, 0) is 11.3 Å². The molecule has 1 atom stereocenters. The molecule has 0 radical (unpaired) electrons. The lowest BCUT2D eigenvalue weighted by Crippen LogP contribution is -2.45. The first-order valence-electron chi connectivity index (χ1n) is 12.7. The molecule has 1 N–H and O–H groups in total. The third kappa shape index (κ3) is 6.91. The Morgan fingerprint density at radius 1 is 1.06 bits per heavy atom. The fourth-order valence-electron chi connectivity index (χ4n) is 4.58. The second-order valence-corrected chi connectivity index (χ2v) is 9.80. The van der Waals surface area contributed by atoms with Crippen molar-refractivity contribution in [1.82, 2.24) is 19.6 Å². The molecule has 2 aromatic carbocycles. The molecule has 0 amide bonds. The third-order valence-corrected chi connectivity index (χ3v) is 6.23.